The maximum absolute atomic E-state index is 12.5. The van der Waals surface area contributed by atoms with E-state index in [-0.39, 0.29) is 11.9 Å². The summed E-state index contributed by atoms with van der Waals surface area (Å²) in [4.78, 5) is 29.1. The number of methoxy groups -OCH3 is 1. The van der Waals surface area contributed by atoms with Gasteiger partial charge < -0.3 is 19.9 Å². The number of nitrogens with one attached hydrogen (secondary N) is 3. The van der Waals surface area contributed by atoms with Gasteiger partial charge in [-0.3, -0.25) is 4.79 Å². The van der Waals surface area contributed by atoms with Gasteiger partial charge in [0.1, 0.15) is 31.2 Å². The number of ether oxygens (including phenoxy) is 1. The molecule has 0 unspecified atom stereocenters. The summed E-state index contributed by atoms with van der Waals surface area (Å²) in [5.74, 6) is -0.324. The average molecular weight is 382 g/mol. The molecule has 1 fully saturated rings. The number of fused-ring (bicyclic) bond motifs is 1. The number of anilines is 1. The van der Waals surface area contributed by atoms with Gasteiger partial charge >= 0.3 is 5.97 Å². The molecular weight excluding hydrogens is 350 g/mol. The molecule has 0 radical (unpaired) electrons. The fourth-order valence-corrected chi connectivity index (χ4v) is 5.31. The van der Waals surface area contributed by atoms with E-state index in [2.05, 4.69) is 12.2 Å². The molecule has 6 nitrogen and oxygen atoms in total. The fourth-order valence-electron chi connectivity index (χ4n) is 4.01. The number of piperazine rings is 1. The van der Waals surface area contributed by atoms with Crippen molar-refractivity contribution in [1.29, 1.82) is 0 Å². The minimum Gasteiger partial charge on any atom is -0.465 e. The highest BCUT2D eigenvalue weighted by atomic mass is 32.1. The monoisotopic (exact) mass is 381 g/mol. The van der Waals surface area contributed by atoms with E-state index in [0.29, 0.717) is 17.0 Å². The lowest BCUT2D eigenvalue weighted by atomic mass is 9.95. The van der Waals surface area contributed by atoms with Crippen LogP contribution in [0.15, 0.2) is 0 Å². The van der Waals surface area contributed by atoms with Crippen LogP contribution in [0.4, 0.5) is 5.00 Å². The van der Waals surface area contributed by atoms with Crippen molar-refractivity contribution in [2.75, 3.05) is 51.7 Å². The highest BCUT2D eigenvalue weighted by Crippen LogP contribution is 2.38. The fraction of sp³-hybridized carbons (Fsp3) is 0.684. The molecule has 1 aromatic rings. The molecule has 1 saturated heterocycles. The van der Waals surface area contributed by atoms with Gasteiger partial charge in [0.25, 0.3) is 0 Å². The third-order valence-electron chi connectivity index (χ3n) is 5.68. The van der Waals surface area contributed by atoms with Crippen LogP contribution in [-0.2, 0) is 22.4 Å². The van der Waals surface area contributed by atoms with Crippen LogP contribution in [0.25, 0.3) is 0 Å². The second-order valence-electron chi connectivity index (χ2n) is 7.31. The van der Waals surface area contributed by atoms with Gasteiger partial charge in [-0.2, -0.15) is 0 Å². The molecule has 3 N–H and O–H groups in total. The molecule has 1 aliphatic carbocycles. The molecule has 0 atom stereocenters. The second-order valence-corrected chi connectivity index (χ2v) is 8.41. The molecule has 0 aromatic carbocycles. The van der Waals surface area contributed by atoms with E-state index in [1.165, 1.54) is 36.5 Å². The van der Waals surface area contributed by atoms with Crippen LogP contribution in [0.2, 0.25) is 0 Å². The Morgan fingerprint density at radius 1 is 1.12 bits per heavy atom. The molecule has 0 spiro atoms. The van der Waals surface area contributed by atoms with Crippen LogP contribution in [0.3, 0.4) is 0 Å². The van der Waals surface area contributed by atoms with Crippen molar-refractivity contribution in [3.05, 3.63) is 16.0 Å². The Bertz CT molecular complexity index is 651. The maximum atomic E-state index is 12.5. The number of amides is 1. The lowest BCUT2D eigenvalue weighted by Gasteiger charge is -2.28. The number of aryl methyl sites for hydroxylation is 1. The van der Waals surface area contributed by atoms with Crippen LogP contribution in [-0.4, -0.2) is 58.3 Å². The Kier molecular flexibility index (Phi) is 6.67. The Hall–Kier alpha value is -1.44. The second kappa shape index (κ2) is 8.97. The summed E-state index contributed by atoms with van der Waals surface area (Å²) in [6, 6.07) is 0. The molecule has 7 heteroatoms. The van der Waals surface area contributed by atoms with Gasteiger partial charge in [-0.25, -0.2) is 4.79 Å². The van der Waals surface area contributed by atoms with Crippen LogP contribution in [0, 0.1) is 0 Å². The van der Waals surface area contributed by atoms with E-state index >= 15 is 0 Å². The Labute approximate surface area is 159 Å². The maximum Gasteiger partial charge on any atom is 0.341 e. The Morgan fingerprint density at radius 2 is 1.81 bits per heavy atom. The summed E-state index contributed by atoms with van der Waals surface area (Å²) in [6.45, 7) is 8.94. The summed E-state index contributed by atoms with van der Waals surface area (Å²) < 4.78 is 4.97. The Balaban J connectivity index is 1.59. The lowest BCUT2D eigenvalue weighted by Crippen LogP contribution is -3.28. The number of esters is 1. The minimum atomic E-state index is -0.330. The minimum absolute atomic E-state index is 0.00604. The zero-order chi connectivity index (χ0) is 18.5. The van der Waals surface area contributed by atoms with Crippen LogP contribution in [0.5, 0.6) is 0 Å². The van der Waals surface area contributed by atoms with E-state index in [9.17, 15) is 9.59 Å². The number of hydrogen-bond acceptors (Lipinski definition) is 4. The van der Waals surface area contributed by atoms with Crippen molar-refractivity contribution < 1.29 is 24.1 Å². The van der Waals surface area contributed by atoms with E-state index in [1.54, 1.807) is 16.2 Å². The summed E-state index contributed by atoms with van der Waals surface area (Å²) in [6.07, 6.45) is 4.64. The predicted molar refractivity (Wildman–Crippen MR) is 102 cm³/mol. The van der Waals surface area contributed by atoms with Gasteiger partial charge in [0, 0.05) is 4.88 Å². The Morgan fingerprint density at radius 3 is 2.50 bits per heavy atom. The molecular formula is C19H31N3O3S+2. The highest BCUT2D eigenvalue weighted by molar-refractivity contribution is 7.17. The van der Waals surface area contributed by atoms with Crippen molar-refractivity contribution in [1.82, 2.24) is 0 Å². The van der Waals surface area contributed by atoms with E-state index in [0.717, 1.165) is 50.9 Å². The van der Waals surface area contributed by atoms with Gasteiger partial charge in [-0.15, -0.1) is 11.3 Å². The molecule has 0 saturated carbocycles. The molecule has 1 amide bonds. The van der Waals surface area contributed by atoms with Gasteiger partial charge in [0.2, 0.25) is 5.91 Å². The molecule has 144 valence electrons. The van der Waals surface area contributed by atoms with Crippen LogP contribution < -0.4 is 15.1 Å². The normalized spacial score (nSPS) is 22.5. The molecule has 2 aliphatic rings. The van der Waals surface area contributed by atoms with Gasteiger partial charge in [0.15, 0.2) is 0 Å². The predicted octanol–water partition coefficient (Wildman–Crippen LogP) is -0.455. The lowest BCUT2D eigenvalue weighted by molar-refractivity contribution is -1.01. The first kappa shape index (κ1) is 19.3. The van der Waals surface area contributed by atoms with Crippen molar-refractivity contribution in [3.63, 3.8) is 0 Å². The van der Waals surface area contributed by atoms with Gasteiger partial charge in [-0.1, -0.05) is 0 Å². The number of hydrogen-bond donors (Lipinski definition) is 3. The molecule has 2 heterocycles. The van der Waals surface area contributed by atoms with Crippen molar-refractivity contribution in [2.45, 2.75) is 39.0 Å². The number of carbonyl (C=O) groups is 2. The van der Waals surface area contributed by atoms with Gasteiger partial charge in [0.05, 0.1) is 32.2 Å². The third-order valence-corrected chi connectivity index (χ3v) is 6.89. The van der Waals surface area contributed by atoms with Crippen molar-refractivity contribution in [2.24, 2.45) is 0 Å². The largest absolute Gasteiger partial charge is 0.465 e. The first-order valence-corrected chi connectivity index (χ1v) is 10.6. The number of thiophene rings is 1. The summed E-state index contributed by atoms with van der Waals surface area (Å²) in [7, 11) is 1.40. The summed E-state index contributed by atoms with van der Waals surface area (Å²) in [5, 5.41) is 3.69. The molecule has 3 rings (SSSR count). The molecule has 26 heavy (non-hydrogen) atoms. The summed E-state index contributed by atoms with van der Waals surface area (Å²) >= 11 is 1.56. The SMILES string of the molecule is CC[NH+]1CC[NH+](CCC(=O)Nc2sc3c(c2C(=O)OC)CCCC3)CC1. The number of quaternary nitrogens is 2. The van der Waals surface area contributed by atoms with Crippen LogP contribution >= 0.6 is 11.3 Å². The number of carbonyl (C=O) groups excluding carboxylic acids is 2. The summed E-state index contributed by atoms with van der Waals surface area (Å²) in [5.41, 5.74) is 1.68. The number of likely N-dealkylation sites (N-methyl/N-ethyl adjacent to an activating group) is 1. The molecule has 1 aromatic heterocycles. The zero-order valence-electron chi connectivity index (χ0n) is 15.9. The van der Waals surface area contributed by atoms with Crippen molar-refractivity contribution in [3.8, 4) is 0 Å². The zero-order valence-corrected chi connectivity index (χ0v) is 16.7. The smallest absolute Gasteiger partial charge is 0.341 e. The standard InChI is InChI=1S/C19H29N3O3S/c1-3-21-10-12-22(13-11-21)9-8-16(23)20-18-17(19(24)25-2)14-6-4-5-7-15(14)26-18/h3-13H2,1-2H3,(H,20,23)/p+2. The van der Waals surface area contributed by atoms with E-state index in [4.69, 9.17) is 4.74 Å². The first-order chi connectivity index (χ1) is 12.6. The van der Waals surface area contributed by atoms with E-state index in [1.807, 2.05) is 0 Å². The first-order valence-electron chi connectivity index (χ1n) is 9.82. The number of rotatable bonds is 6. The van der Waals surface area contributed by atoms with E-state index < -0.39 is 0 Å². The van der Waals surface area contributed by atoms with Crippen LogP contribution in [0.1, 0.15) is 47.0 Å². The van der Waals surface area contributed by atoms with Gasteiger partial charge in [-0.05, 0) is 38.2 Å². The highest BCUT2D eigenvalue weighted by Gasteiger charge is 2.27. The molecule has 1 aliphatic heterocycles. The topological polar surface area (TPSA) is 64.3 Å². The third kappa shape index (κ3) is 4.45. The molecule has 0 bridgehead atoms. The van der Waals surface area contributed by atoms with Crippen molar-refractivity contribution >= 4 is 28.2 Å². The average Bonchev–Trinajstić information content (AvgIpc) is 3.03. The quantitative estimate of drug-likeness (QED) is 0.585.